The predicted molar refractivity (Wildman–Crippen MR) is 49.1 cm³/mol. The van der Waals surface area contributed by atoms with Gasteiger partial charge in [-0.1, -0.05) is 19.1 Å². The lowest BCUT2D eigenvalue weighted by molar-refractivity contribution is -0.0436. The predicted octanol–water partition coefficient (Wildman–Crippen LogP) is 2.54. The van der Waals surface area contributed by atoms with Crippen molar-refractivity contribution in [3.05, 3.63) is 29.8 Å². The molecule has 0 saturated heterocycles. The van der Waals surface area contributed by atoms with E-state index in [1.807, 2.05) is 0 Å². The molecule has 1 rings (SSSR count). The average molecular weight is 238 g/mol. The first kappa shape index (κ1) is 12.0. The summed E-state index contributed by atoms with van der Waals surface area (Å²) in [5, 5.41) is 0. The molecule has 0 fully saturated rings. The number of benzene rings is 1. The molecule has 0 N–H and O–H groups in total. The number of halogens is 3. The molecule has 2 nitrogen and oxygen atoms in total. The molecule has 0 aliphatic rings. The summed E-state index contributed by atoms with van der Waals surface area (Å²) in [6.45, 7) is 1.74. The van der Waals surface area contributed by atoms with Crippen LogP contribution in [-0.2, 0) is 16.3 Å². The Morgan fingerprint density at radius 1 is 1.27 bits per heavy atom. The van der Waals surface area contributed by atoms with E-state index < -0.39 is 20.2 Å². The Bertz CT molecular complexity index is 449. The molecule has 0 spiro atoms. The lowest BCUT2D eigenvalue weighted by Gasteiger charge is -2.08. The largest absolute Gasteiger partial charge is 0.501 e. The fourth-order valence-corrected chi connectivity index (χ4v) is 1.90. The zero-order chi connectivity index (χ0) is 11.7. The Kier molecular flexibility index (Phi) is 3.08. The molecule has 84 valence electrons. The van der Waals surface area contributed by atoms with Gasteiger partial charge < -0.3 is 0 Å². The maximum absolute atomic E-state index is 12.2. The van der Waals surface area contributed by atoms with E-state index in [2.05, 4.69) is 0 Å². The fourth-order valence-electron chi connectivity index (χ4n) is 1.07. The number of sulfone groups is 1. The van der Waals surface area contributed by atoms with Crippen LogP contribution in [0.1, 0.15) is 12.5 Å². The van der Waals surface area contributed by atoms with Gasteiger partial charge in [0.1, 0.15) is 0 Å². The van der Waals surface area contributed by atoms with Crippen LogP contribution in [-0.4, -0.2) is 13.9 Å². The highest BCUT2D eigenvalue weighted by Crippen LogP contribution is 2.30. The summed E-state index contributed by atoms with van der Waals surface area (Å²) in [6.07, 6.45) is 0.487. The number of aryl methyl sites for hydroxylation is 1. The molecule has 0 aromatic heterocycles. The van der Waals surface area contributed by atoms with Crippen molar-refractivity contribution >= 4 is 9.84 Å². The Balaban J connectivity index is 3.29. The zero-order valence-electron chi connectivity index (χ0n) is 7.88. The van der Waals surface area contributed by atoms with Crippen LogP contribution < -0.4 is 0 Å². The van der Waals surface area contributed by atoms with Gasteiger partial charge >= 0.3 is 5.51 Å². The molecular formula is C9H9F3O2S. The minimum Gasteiger partial charge on any atom is -0.214 e. The normalized spacial score (nSPS) is 12.8. The smallest absolute Gasteiger partial charge is 0.214 e. The Hall–Kier alpha value is -1.04. The van der Waals surface area contributed by atoms with E-state index in [9.17, 15) is 21.6 Å². The summed E-state index contributed by atoms with van der Waals surface area (Å²) in [4.78, 5) is -0.700. The van der Waals surface area contributed by atoms with Crippen molar-refractivity contribution in [3.8, 4) is 0 Å². The molecule has 0 radical (unpaired) electrons. The highest BCUT2D eigenvalue weighted by atomic mass is 32.2. The standard InChI is InChI=1S/C9H9F3O2S/c1-2-7-4-3-5-8(6-7)15(13,14)9(10,11)12/h3-6H,2H2,1H3. The van der Waals surface area contributed by atoms with Crippen molar-refractivity contribution in [3.63, 3.8) is 0 Å². The molecule has 15 heavy (non-hydrogen) atoms. The molecule has 1 aromatic carbocycles. The number of hydrogen-bond acceptors (Lipinski definition) is 2. The third kappa shape index (κ3) is 2.31. The maximum Gasteiger partial charge on any atom is 0.501 e. The SMILES string of the molecule is CCc1cccc(S(=O)(=O)C(F)(F)F)c1. The van der Waals surface area contributed by atoms with Crippen LogP contribution in [0.3, 0.4) is 0 Å². The Morgan fingerprint density at radius 3 is 2.33 bits per heavy atom. The number of rotatable bonds is 2. The summed E-state index contributed by atoms with van der Waals surface area (Å²) < 4.78 is 58.5. The molecular weight excluding hydrogens is 229 g/mol. The van der Waals surface area contributed by atoms with Crippen LogP contribution in [0.4, 0.5) is 13.2 Å². The van der Waals surface area contributed by atoms with Gasteiger partial charge in [-0.05, 0) is 24.1 Å². The second kappa shape index (κ2) is 3.84. The summed E-state index contributed by atoms with van der Waals surface area (Å²) in [5.74, 6) is 0. The number of alkyl halides is 3. The summed E-state index contributed by atoms with van der Waals surface area (Å²) in [5.41, 5.74) is -4.68. The Morgan fingerprint density at radius 2 is 1.87 bits per heavy atom. The lowest BCUT2D eigenvalue weighted by atomic mass is 10.2. The van der Waals surface area contributed by atoms with Crippen LogP contribution >= 0.6 is 0 Å². The van der Waals surface area contributed by atoms with Crippen LogP contribution in [0.2, 0.25) is 0 Å². The minimum absolute atomic E-state index is 0.487. The lowest BCUT2D eigenvalue weighted by Crippen LogP contribution is -2.23. The first-order valence-corrected chi connectivity index (χ1v) is 5.67. The van der Waals surface area contributed by atoms with Gasteiger partial charge in [0.15, 0.2) is 0 Å². The Labute approximate surface area is 85.6 Å². The monoisotopic (exact) mass is 238 g/mol. The second-order valence-corrected chi connectivity index (χ2v) is 4.89. The van der Waals surface area contributed by atoms with Crippen molar-refractivity contribution in [2.45, 2.75) is 23.7 Å². The van der Waals surface area contributed by atoms with Gasteiger partial charge in [0.05, 0.1) is 4.90 Å². The van der Waals surface area contributed by atoms with Gasteiger partial charge in [0.2, 0.25) is 0 Å². The summed E-state index contributed by atoms with van der Waals surface area (Å²) >= 11 is 0. The molecule has 0 amide bonds. The van der Waals surface area contributed by atoms with E-state index in [4.69, 9.17) is 0 Å². The molecule has 0 saturated carbocycles. The zero-order valence-corrected chi connectivity index (χ0v) is 8.69. The minimum atomic E-state index is -5.24. The molecule has 0 atom stereocenters. The topological polar surface area (TPSA) is 34.1 Å². The quantitative estimate of drug-likeness (QED) is 0.793. The van der Waals surface area contributed by atoms with Gasteiger partial charge in [-0.3, -0.25) is 0 Å². The van der Waals surface area contributed by atoms with Gasteiger partial charge in [0.25, 0.3) is 9.84 Å². The van der Waals surface area contributed by atoms with Crippen molar-refractivity contribution in [2.24, 2.45) is 0 Å². The fraction of sp³-hybridized carbons (Fsp3) is 0.333. The molecule has 1 aromatic rings. The van der Waals surface area contributed by atoms with Crippen molar-refractivity contribution in [1.29, 1.82) is 0 Å². The van der Waals surface area contributed by atoms with Crippen molar-refractivity contribution < 1.29 is 21.6 Å². The van der Waals surface area contributed by atoms with Crippen LogP contribution in [0.25, 0.3) is 0 Å². The highest BCUT2D eigenvalue weighted by molar-refractivity contribution is 7.92. The first-order valence-electron chi connectivity index (χ1n) is 4.19. The van der Waals surface area contributed by atoms with Crippen LogP contribution in [0.5, 0.6) is 0 Å². The van der Waals surface area contributed by atoms with E-state index in [0.717, 1.165) is 12.1 Å². The van der Waals surface area contributed by atoms with Gasteiger partial charge in [0, 0.05) is 0 Å². The van der Waals surface area contributed by atoms with E-state index in [1.54, 1.807) is 13.0 Å². The second-order valence-electron chi connectivity index (χ2n) is 2.95. The third-order valence-electron chi connectivity index (χ3n) is 1.92. The van der Waals surface area contributed by atoms with Crippen molar-refractivity contribution in [2.75, 3.05) is 0 Å². The van der Waals surface area contributed by atoms with Gasteiger partial charge in [-0.25, -0.2) is 8.42 Å². The third-order valence-corrected chi connectivity index (χ3v) is 3.41. The number of hydrogen-bond donors (Lipinski definition) is 0. The van der Waals surface area contributed by atoms with E-state index >= 15 is 0 Å². The van der Waals surface area contributed by atoms with Gasteiger partial charge in [-0.15, -0.1) is 0 Å². The molecule has 0 aliphatic heterocycles. The van der Waals surface area contributed by atoms with Crippen molar-refractivity contribution in [1.82, 2.24) is 0 Å². The summed E-state index contributed by atoms with van der Waals surface area (Å²) in [6, 6.07) is 4.87. The highest BCUT2D eigenvalue weighted by Gasteiger charge is 2.46. The molecule has 6 heteroatoms. The molecule has 0 aliphatic carbocycles. The molecule has 0 unspecified atom stereocenters. The molecule has 0 heterocycles. The maximum atomic E-state index is 12.2. The van der Waals surface area contributed by atoms with E-state index in [0.29, 0.717) is 12.0 Å². The van der Waals surface area contributed by atoms with Gasteiger partial charge in [-0.2, -0.15) is 13.2 Å². The van der Waals surface area contributed by atoms with Crippen LogP contribution in [0, 0.1) is 0 Å². The molecule has 0 bridgehead atoms. The van der Waals surface area contributed by atoms with E-state index in [-0.39, 0.29) is 0 Å². The first-order chi connectivity index (χ1) is 6.79. The average Bonchev–Trinajstić information content (AvgIpc) is 2.16. The summed E-state index contributed by atoms with van der Waals surface area (Å²) in [7, 11) is -5.21. The van der Waals surface area contributed by atoms with Crippen LogP contribution in [0.15, 0.2) is 29.2 Å². The van der Waals surface area contributed by atoms with E-state index in [1.165, 1.54) is 6.07 Å².